The van der Waals surface area contributed by atoms with Gasteiger partial charge >= 0.3 is 0 Å². The van der Waals surface area contributed by atoms with Crippen molar-refractivity contribution >= 4 is 17.5 Å². The summed E-state index contributed by atoms with van der Waals surface area (Å²) in [7, 11) is 0. The molecule has 0 radical (unpaired) electrons. The molecule has 5 nitrogen and oxygen atoms in total. The van der Waals surface area contributed by atoms with Crippen LogP contribution >= 0.6 is 0 Å². The van der Waals surface area contributed by atoms with E-state index in [4.69, 9.17) is 0 Å². The van der Waals surface area contributed by atoms with Crippen molar-refractivity contribution in [1.29, 1.82) is 0 Å². The summed E-state index contributed by atoms with van der Waals surface area (Å²) in [6.07, 6.45) is 1.64. The third-order valence-corrected chi connectivity index (χ3v) is 4.44. The molecule has 1 aromatic heterocycles. The van der Waals surface area contributed by atoms with Gasteiger partial charge in [-0.2, -0.15) is 10.1 Å². The van der Waals surface area contributed by atoms with Crippen molar-refractivity contribution in [3.8, 4) is 0 Å². The molecule has 0 aliphatic heterocycles. The molecule has 0 bridgehead atoms. The highest BCUT2D eigenvalue weighted by atomic mass is 15.3. The molecular formula is C21H25N5. The molecule has 0 unspecified atom stereocenters. The first-order valence-corrected chi connectivity index (χ1v) is 8.89. The quantitative estimate of drug-likeness (QED) is 0.659. The van der Waals surface area contributed by atoms with Crippen LogP contribution in [-0.2, 0) is 6.54 Å². The number of nitrogens with zero attached hydrogens (tertiary/aromatic N) is 3. The van der Waals surface area contributed by atoms with Crippen molar-refractivity contribution in [3.05, 3.63) is 70.9 Å². The van der Waals surface area contributed by atoms with E-state index in [1.54, 1.807) is 6.20 Å². The van der Waals surface area contributed by atoms with Gasteiger partial charge in [0.2, 0.25) is 5.95 Å². The van der Waals surface area contributed by atoms with E-state index in [9.17, 15) is 0 Å². The van der Waals surface area contributed by atoms with Crippen LogP contribution in [0.2, 0.25) is 0 Å². The lowest BCUT2D eigenvalue weighted by atomic mass is 9.98. The van der Waals surface area contributed by atoms with Crippen molar-refractivity contribution in [2.24, 2.45) is 0 Å². The predicted molar refractivity (Wildman–Crippen MR) is 107 cm³/mol. The van der Waals surface area contributed by atoms with Crippen LogP contribution in [0.25, 0.3) is 0 Å². The van der Waals surface area contributed by atoms with Crippen LogP contribution in [0.1, 0.15) is 42.0 Å². The third-order valence-electron chi connectivity index (χ3n) is 4.44. The summed E-state index contributed by atoms with van der Waals surface area (Å²) in [5.74, 6) is 1.61. The van der Waals surface area contributed by atoms with Crippen molar-refractivity contribution in [2.45, 2.75) is 40.2 Å². The Bertz CT molecular complexity index is 889. The van der Waals surface area contributed by atoms with E-state index in [1.807, 2.05) is 12.1 Å². The maximum absolute atomic E-state index is 4.56. The predicted octanol–water partition coefficient (Wildman–Crippen LogP) is 4.97. The first-order valence-electron chi connectivity index (χ1n) is 8.89. The zero-order valence-electron chi connectivity index (χ0n) is 15.7. The summed E-state index contributed by atoms with van der Waals surface area (Å²) in [5.41, 5.74) is 5.95. The van der Waals surface area contributed by atoms with Gasteiger partial charge in [-0.3, -0.25) is 0 Å². The zero-order valence-corrected chi connectivity index (χ0v) is 15.7. The van der Waals surface area contributed by atoms with Gasteiger partial charge in [-0.05, 0) is 42.0 Å². The minimum absolute atomic E-state index is 0.410. The van der Waals surface area contributed by atoms with Crippen molar-refractivity contribution in [2.75, 3.05) is 10.6 Å². The molecule has 0 fully saturated rings. The van der Waals surface area contributed by atoms with Gasteiger partial charge in [-0.25, -0.2) is 0 Å². The molecule has 0 aliphatic carbocycles. The van der Waals surface area contributed by atoms with Crippen LogP contribution < -0.4 is 10.6 Å². The van der Waals surface area contributed by atoms with Gasteiger partial charge < -0.3 is 10.6 Å². The number of aromatic nitrogens is 3. The summed E-state index contributed by atoms with van der Waals surface area (Å²) >= 11 is 0. The van der Waals surface area contributed by atoms with E-state index in [0.717, 1.165) is 11.3 Å². The molecule has 3 aromatic rings. The molecule has 0 atom stereocenters. The highest BCUT2D eigenvalue weighted by Gasteiger charge is 2.11. The van der Waals surface area contributed by atoms with Gasteiger partial charge in [0.15, 0.2) is 5.82 Å². The monoisotopic (exact) mass is 347 g/mol. The molecule has 0 saturated heterocycles. The first-order chi connectivity index (χ1) is 12.5. The molecule has 2 aromatic carbocycles. The Kier molecular flexibility index (Phi) is 5.46. The average molecular weight is 347 g/mol. The van der Waals surface area contributed by atoms with Crippen LogP contribution in [0.3, 0.4) is 0 Å². The van der Waals surface area contributed by atoms with Crippen molar-refractivity contribution < 1.29 is 0 Å². The summed E-state index contributed by atoms with van der Waals surface area (Å²) in [6.45, 7) is 9.25. The average Bonchev–Trinajstić information content (AvgIpc) is 2.63. The van der Waals surface area contributed by atoms with E-state index in [1.165, 1.54) is 16.7 Å². The van der Waals surface area contributed by atoms with Crippen LogP contribution in [0.15, 0.2) is 48.7 Å². The number of anilines is 3. The molecule has 0 amide bonds. The fourth-order valence-electron chi connectivity index (χ4n) is 2.89. The molecule has 0 saturated carbocycles. The van der Waals surface area contributed by atoms with E-state index >= 15 is 0 Å². The van der Waals surface area contributed by atoms with Gasteiger partial charge in [0.05, 0.1) is 6.20 Å². The largest absolute Gasteiger partial charge is 0.365 e. The van der Waals surface area contributed by atoms with E-state index in [-0.39, 0.29) is 0 Å². The summed E-state index contributed by atoms with van der Waals surface area (Å²) in [6, 6.07) is 14.6. The van der Waals surface area contributed by atoms with E-state index in [2.05, 4.69) is 83.8 Å². The standard InChI is InChI=1S/C21H25N5/c1-14(2)18-11-7-9-16(4)20(18)25-21-24-19(13-23-26-21)22-12-17-10-6-5-8-15(17)3/h5-11,13-14H,12H2,1-4H3,(H2,22,24,25,26). The molecule has 1 heterocycles. The number of hydrogen-bond acceptors (Lipinski definition) is 5. The summed E-state index contributed by atoms with van der Waals surface area (Å²) < 4.78 is 0. The highest BCUT2D eigenvalue weighted by Crippen LogP contribution is 2.29. The van der Waals surface area contributed by atoms with E-state index in [0.29, 0.717) is 24.2 Å². The van der Waals surface area contributed by atoms with Crippen LogP contribution in [0.5, 0.6) is 0 Å². The molecule has 2 N–H and O–H groups in total. The summed E-state index contributed by atoms with van der Waals surface area (Å²) in [5, 5.41) is 14.9. The van der Waals surface area contributed by atoms with Crippen LogP contribution in [0.4, 0.5) is 17.5 Å². The molecule has 134 valence electrons. The summed E-state index contributed by atoms with van der Waals surface area (Å²) in [4.78, 5) is 4.56. The Morgan fingerprint density at radius 2 is 1.73 bits per heavy atom. The smallest absolute Gasteiger partial charge is 0.249 e. The molecule has 0 aliphatic rings. The topological polar surface area (TPSA) is 62.7 Å². The maximum Gasteiger partial charge on any atom is 0.249 e. The van der Waals surface area contributed by atoms with Gasteiger partial charge in [0.25, 0.3) is 0 Å². The maximum atomic E-state index is 4.56. The lowest BCUT2D eigenvalue weighted by molar-refractivity contribution is 0.865. The van der Waals surface area contributed by atoms with Crippen LogP contribution in [0, 0.1) is 13.8 Å². The lowest BCUT2D eigenvalue weighted by Crippen LogP contribution is -2.08. The fourth-order valence-corrected chi connectivity index (χ4v) is 2.89. The lowest BCUT2D eigenvalue weighted by Gasteiger charge is -2.16. The number of aryl methyl sites for hydroxylation is 2. The number of rotatable bonds is 6. The number of hydrogen-bond donors (Lipinski definition) is 2. The molecule has 26 heavy (non-hydrogen) atoms. The zero-order chi connectivity index (χ0) is 18.5. The first kappa shape index (κ1) is 17.9. The second-order valence-electron chi connectivity index (χ2n) is 6.76. The Balaban J connectivity index is 1.77. The van der Waals surface area contributed by atoms with Gasteiger partial charge in [0.1, 0.15) is 0 Å². The Labute approximate surface area is 154 Å². The number of benzene rings is 2. The van der Waals surface area contributed by atoms with Crippen LogP contribution in [-0.4, -0.2) is 15.2 Å². The SMILES string of the molecule is Cc1ccccc1CNc1cnnc(Nc2c(C)cccc2C(C)C)n1. The molecular weight excluding hydrogens is 322 g/mol. The minimum Gasteiger partial charge on any atom is -0.365 e. The minimum atomic E-state index is 0.410. The Morgan fingerprint density at radius 3 is 2.50 bits per heavy atom. The van der Waals surface area contributed by atoms with Crippen molar-refractivity contribution in [3.63, 3.8) is 0 Å². The Hall–Kier alpha value is -2.95. The van der Waals surface area contributed by atoms with Gasteiger partial charge in [0, 0.05) is 12.2 Å². The normalized spacial score (nSPS) is 10.8. The number of para-hydroxylation sites is 1. The highest BCUT2D eigenvalue weighted by molar-refractivity contribution is 5.64. The van der Waals surface area contributed by atoms with Gasteiger partial charge in [-0.1, -0.05) is 56.3 Å². The molecule has 5 heteroatoms. The second kappa shape index (κ2) is 7.95. The molecule has 0 spiro atoms. The van der Waals surface area contributed by atoms with Crippen molar-refractivity contribution in [1.82, 2.24) is 15.2 Å². The third kappa shape index (κ3) is 4.17. The van der Waals surface area contributed by atoms with E-state index < -0.39 is 0 Å². The Morgan fingerprint density at radius 1 is 0.962 bits per heavy atom. The molecule has 3 rings (SSSR count). The number of nitrogens with one attached hydrogen (secondary N) is 2. The second-order valence-corrected chi connectivity index (χ2v) is 6.76. The van der Waals surface area contributed by atoms with Gasteiger partial charge in [-0.15, -0.1) is 5.10 Å². The fraction of sp³-hybridized carbons (Fsp3) is 0.286.